The van der Waals surface area contributed by atoms with Crippen molar-refractivity contribution in [2.24, 2.45) is 5.10 Å². The number of nitrogens with one attached hydrogen (secondary N) is 1. The number of nitro groups is 1. The standard InChI is InChI=1S/C20H17ClN4O6S/c1-32(29,30)24(17-4-2-3-15(21)11-17)13-20(26)23-22-12-18-9-10-19(31-18)14-5-7-16(8-6-14)25(27)28/h2-12H,13H2,1H3,(H,23,26)/b22-12-. The Balaban J connectivity index is 1.64. The zero-order valence-corrected chi connectivity index (χ0v) is 18.2. The van der Waals surface area contributed by atoms with Crippen LogP contribution in [0.4, 0.5) is 11.4 Å². The van der Waals surface area contributed by atoms with E-state index in [0.717, 1.165) is 10.6 Å². The zero-order chi connectivity index (χ0) is 23.3. The molecule has 3 rings (SSSR count). The Morgan fingerprint density at radius 2 is 1.94 bits per heavy atom. The number of halogens is 1. The predicted molar refractivity (Wildman–Crippen MR) is 120 cm³/mol. The van der Waals surface area contributed by atoms with Gasteiger partial charge in [-0.25, -0.2) is 13.8 Å². The molecule has 0 aliphatic rings. The minimum atomic E-state index is -3.74. The van der Waals surface area contributed by atoms with Gasteiger partial charge in [-0.05, 0) is 42.5 Å². The topological polar surface area (TPSA) is 135 Å². The SMILES string of the molecule is CS(=O)(=O)N(CC(=O)N/N=C\c1ccc(-c2ccc([N+](=O)[O-])cc2)o1)c1cccc(Cl)c1. The number of nitro benzene ring substituents is 1. The van der Waals surface area contributed by atoms with E-state index in [4.69, 9.17) is 16.0 Å². The lowest BCUT2D eigenvalue weighted by Crippen LogP contribution is -2.39. The van der Waals surface area contributed by atoms with Gasteiger partial charge in [0.05, 0.1) is 23.1 Å². The van der Waals surface area contributed by atoms with E-state index in [1.54, 1.807) is 36.4 Å². The number of furan rings is 1. The lowest BCUT2D eigenvalue weighted by molar-refractivity contribution is -0.384. The third kappa shape index (κ3) is 5.93. The van der Waals surface area contributed by atoms with E-state index in [1.165, 1.54) is 30.5 Å². The number of rotatable bonds is 8. The lowest BCUT2D eigenvalue weighted by atomic mass is 10.1. The lowest BCUT2D eigenvalue weighted by Gasteiger charge is -2.21. The largest absolute Gasteiger partial charge is 0.455 e. The second-order valence-corrected chi connectivity index (χ2v) is 8.89. The molecular formula is C20H17ClN4O6S. The van der Waals surface area contributed by atoms with Crippen LogP contribution in [0.2, 0.25) is 5.02 Å². The van der Waals surface area contributed by atoms with Gasteiger partial charge in [0.2, 0.25) is 10.0 Å². The van der Waals surface area contributed by atoms with Crippen LogP contribution in [0, 0.1) is 10.1 Å². The first kappa shape index (κ1) is 23.0. The molecule has 1 N–H and O–H groups in total. The van der Waals surface area contributed by atoms with Gasteiger partial charge in [0.15, 0.2) is 0 Å². The van der Waals surface area contributed by atoms with Crippen LogP contribution in [0.5, 0.6) is 0 Å². The summed E-state index contributed by atoms with van der Waals surface area (Å²) in [4.78, 5) is 22.4. The van der Waals surface area contributed by atoms with E-state index in [-0.39, 0.29) is 11.4 Å². The van der Waals surface area contributed by atoms with E-state index >= 15 is 0 Å². The highest BCUT2D eigenvalue weighted by Gasteiger charge is 2.21. The summed E-state index contributed by atoms with van der Waals surface area (Å²) in [6, 6.07) is 15.2. The number of hydrazone groups is 1. The Bertz CT molecular complexity index is 1270. The monoisotopic (exact) mass is 476 g/mol. The van der Waals surface area contributed by atoms with Crippen LogP contribution in [0.25, 0.3) is 11.3 Å². The molecule has 166 valence electrons. The molecule has 0 fully saturated rings. The second kappa shape index (κ2) is 9.62. The van der Waals surface area contributed by atoms with Gasteiger partial charge in [0.1, 0.15) is 18.1 Å². The van der Waals surface area contributed by atoms with Crippen molar-refractivity contribution >= 4 is 45.1 Å². The Hall–Kier alpha value is -3.70. The van der Waals surface area contributed by atoms with Crippen molar-refractivity contribution in [3.63, 3.8) is 0 Å². The number of benzene rings is 2. The van der Waals surface area contributed by atoms with Crippen LogP contribution in [0.1, 0.15) is 5.76 Å². The summed E-state index contributed by atoms with van der Waals surface area (Å²) in [5.74, 6) is 0.0964. The van der Waals surface area contributed by atoms with Crippen molar-refractivity contribution in [3.8, 4) is 11.3 Å². The Morgan fingerprint density at radius 3 is 2.56 bits per heavy atom. The van der Waals surface area contributed by atoms with Gasteiger partial charge in [0, 0.05) is 22.7 Å². The van der Waals surface area contributed by atoms with E-state index in [1.807, 2.05) is 0 Å². The van der Waals surface area contributed by atoms with Gasteiger partial charge in [-0.15, -0.1) is 0 Å². The molecule has 0 radical (unpaired) electrons. The van der Waals surface area contributed by atoms with Gasteiger partial charge < -0.3 is 4.42 Å². The van der Waals surface area contributed by atoms with Crippen LogP contribution in [0.3, 0.4) is 0 Å². The zero-order valence-electron chi connectivity index (χ0n) is 16.6. The molecule has 0 saturated heterocycles. The first-order chi connectivity index (χ1) is 15.1. The first-order valence-electron chi connectivity index (χ1n) is 9.03. The molecule has 10 nitrogen and oxygen atoms in total. The van der Waals surface area contributed by atoms with Gasteiger partial charge in [0.25, 0.3) is 11.6 Å². The third-order valence-corrected chi connectivity index (χ3v) is 5.53. The Kier molecular flexibility index (Phi) is 6.91. The number of carbonyl (C=O) groups is 1. The number of non-ortho nitro benzene ring substituents is 1. The first-order valence-corrected chi connectivity index (χ1v) is 11.3. The molecule has 0 atom stereocenters. The summed E-state index contributed by atoms with van der Waals surface area (Å²) in [7, 11) is -3.74. The average Bonchev–Trinajstić information content (AvgIpc) is 3.20. The summed E-state index contributed by atoms with van der Waals surface area (Å²) >= 11 is 5.91. The maximum Gasteiger partial charge on any atom is 0.269 e. The highest BCUT2D eigenvalue weighted by Crippen LogP contribution is 2.24. The maximum absolute atomic E-state index is 12.2. The van der Waals surface area contributed by atoms with E-state index in [9.17, 15) is 23.3 Å². The molecule has 0 saturated carbocycles. The molecule has 2 aromatic carbocycles. The Morgan fingerprint density at radius 1 is 1.22 bits per heavy atom. The summed E-state index contributed by atoms with van der Waals surface area (Å²) in [6.45, 7) is -0.497. The summed E-state index contributed by atoms with van der Waals surface area (Å²) in [6.07, 6.45) is 2.23. The number of carbonyl (C=O) groups excluding carboxylic acids is 1. The summed E-state index contributed by atoms with van der Waals surface area (Å²) in [5, 5.41) is 14.8. The van der Waals surface area contributed by atoms with Crippen molar-refractivity contribution in [2.45, 2.75) is 0 Å². The molecule has 0 aliphatic heterocycles. The smallest absolute Gasteiger partial charge is 0.269 e. The van der Waals surface area contributed by atoms with E-state index < -0.39 is 27.4 Å². The van der Waals surface area contributed by atoms with Crippen molar-refractivity contribution < 1.29 is 22.6 Å². The minimum absolute atomic E-state index is 0.0364. The molecule has 0 bridgehead atoms. The van der Waals surface area contributed by atoms with E-state index in [0.29, 0.717) is 22.1 Å². The molecule has 1 heterocycles. The molecule has 1 amide bonds. The molecule has 0 unspecified atom stereocenters. The number of sulfonamides is 1. The number of nitrogens with zero attached hydrogens (tertiary/aromatic N) is 3. The average molecular weight is 477 g/mol. The van der Waals surface area contributed by atoms with Crippen LogP contribution >= 0.6 is 11.6 Å². The molecular weight excluding hydrogens is 460 g/mol. The quantitative estimate of drug-likeness (QED) is 0.300. The molecule has 3 aromatic rings. The molecule has 32 heavy (non-hydrogen) atoms. The summed E-state index contributed by atoms with van der Waals surface area (Å²) < 4.78 is 30.6. The maximum atomic E-state index is 12.2. The predicted octanol–water partition coefficient (Wildman–Crippen LogP) is 3.42. The molecule has 1 aromatic heterocycles. The normalized spacial score (nSPS) is 11.4. The molecule has 0 aliphatic carbocycles. The van der Waals surface area contributed by atoms with Crippen molar-refractivity contribution in [1.82, 2.24) is 5.43 Å². The van der Waals surface area contributed by atoms with Gasteiger partial charge in [-0.2, -0.15) is 5.10 Å². The van der Waals surface area contributed by atoms with Crippen LogP contribution in [-0.2, 0) is 14.8 Å². The fourth-order valence-electron chi connectivity index (χ4n) is 2.69. The second-order valence-electron chi connectivity index (χ2n) is 6.55. The number of hydrogen-bond acceptors (Lipinski definition) is 7. The summed E-state index contributed by atoms with van der Waals surface area (Å²) in [5.41, 5.74) is 3.08. The molecule has 12 heteroatoms. The van der Waals surface area contributed by atoms with Crippen LogP contribution < -0.4 is 9.73 Å². The highest BCUT2D eigenvalue weighted by molar-refractivity contribution is 7.92. The van der Waals surface area contributed by atoms with Gasteiger partial charge in [-0.3, -0.25) is 19.2 Å². The Labute approximate surface area is 188 Å². The third-order valence-electron chi connectivity index (χ3n) is 4.15. The number of hydrogen-bond donors (Lipinski definition) is 1. The van der Waals surface area contributed by atoms with Crippen LogP contribution in [0.15, 0.2) is 70.2 Å². The number of amides is 1. The highest BCUT2D eigenvalue weighted by atomic mass is 35.5. The van der Waals surface area contributed by atoms with Crippen molar-refractivity contribution in [3.05, 3.63) is 81.6 Å². The van der Waals surface area contributed by atoms with Crippen molar-refractivity contribution in [2.75, 3.05) is 17.1 Å². The fraction of sp³-hybridized carbons (Fsp3) is 0.100. The van der Waals surface area contributed by atoms with Crippen molar-refractivity contribution in [1.29, 1.82) is 0 Å². The van der Waals surface area contributed by atoms with Crippen LogP contribution in [-0.4, -0.2) is 38.3 Å². The molecule has 0 spiro atoms. The number of anilines is 1. The fourth-order valence-corrected chi connectivity index (χ4v) is 3.72. The van der Waals surface area contributed by atoms with E-state index in [2.05, 4.69) is 10.5 Å². The minimum Gasteiger partial charge on any atom is -0.455 e. The van der Waals surface area contributed by atoms with Gasteiger partial charge in [-0.1, -0.05) is 17.7 Å². The van der Waals surface area contributed by atoms with Gasteiger partial charge >= 0.3 is 0 Å².